The molecule has 0 bridgehead atoms. The first kappa shape index (κ1) is 19.9. The van der Waals surface area contributed by atoms with Gasteiger partial charge in [0.25, 0.3) is 5.91 Å². The Kier molecular flexibility index (Phi) is 6.66. The van der Waals surface area contributed by atoms with Crippen molar-refractivity contribution in [1.82, 2.24) is 4.90 Å². The first-order chi connectivity index (χ1) is 13.6. The molecule has 2 aromatic carbocycles. The summed E-state index contributed by atoms with van der Waals surface area (Å²) in [6, 6.07) is 13.2. The smallest absolute Gasteiger partial charge is 0.254 e. The van der Waals surface area contributed by atoms with Crippen LogP contribution in [0.5, 0.6) is 0 Å². The lowest BCUT2D eigenvalue weighted by molar-refractivity contribution is -0.114. The number of anilines is 2. The van der Waals surface area contributed by atoms with Gasteiger partial charge in [-0.3, -0.25) is 9.59 Å². The second-order valence-corrected chi connectivity index (χ2v) is 6.85. The zero-order chi connectivity index (χ0) is 19.9. The average molecular weight is 381 g/mol. The molecule has 1 aliphatic rings. The molecule has 1 aliphatic heterocycles. The highest BCUT2D eigenvalue weighted by Crippen LogP contribution is 2.21. The van der Waals surface area contributed by atoms with Crippen LogP contribution in [0, 0.1) is 6.92 Å². The molecule has 2 aromatic rings. The van der Waals surface area contributed by atoms with Gasteiger partial charge < -0.3 is 20.3 Å². The molecule has 2 N–H and O–H groups in total. The third kappa shape index (κ3) is 4.89. The Balaban J connectivity index is 1.61. The molecular formula is C22H27N3O3. The van der Waals surface area contributed by atoms with E-state index in [4.69, 9.17) is 4.74 Å². The molecule has 6 nitrogen and oxygen atoms in total. The minimum atomic E-state index is -0.152. The van der Waals surface area contributed by atoms with Crippen molar-refractivity contribution in [3.8, 4) is 0 Å². The van der Waals surface area contributed by atoms with Crippen LogP contribution in [0.3, 0.4) is 0 Å². The van der Waals surface area contributed by atoms with Crippen LogP contribution in [0.4, 0.5) is 11.4 Å². The molecule has 0 aliphatic carbocycles. The topological polar surface area (TPSA) is 70.7 Å². The van der Waals surface area contributed by atoms with E-state index in [2.05, 4.69) is 23.6 Å². The second kappa shape index (κ2) is 9.37. The second-order valence-electron chi connectivity index (χ2n) is 6.85. The van der Waals surface area contributed by atoms with E-state index in [-0.39, 0.29) is 18.4 Å². The van der Waals surface area contributed by atoms with Crippen LogP contribution in [0.25, 0.3) is 0 Å². The fourth-order valence-electron chi connectivity index (χ4n) is 3.33. The summed E-state index contributed by atoms with van der Waals surface area (Å²) in [6.07, 6.45) is 0.900. The number of carbonyl (C=O) groups is 2. The van der Waals surface area contributed by atoms with Crippen LogP contribution in [0.1, 0.15) is 28.4 Å². The molecule has 0 spiro atoms. The zero-order valence-corrected chi connectivity index (χ0v) is 16.5. The zero-order valence-electron chi connectivity index (χ0n) is 16.5. The Bertz CT molecular complexity index is 845. The highest BCUT2D eigenvalue weighted by Gasteiger charge is 2.18. The van der Waals surface area contributed by atoms with Crippen molar-refractivity contribution < 1.29 is 14.3 Å². The summed E-state index contributed by atoms with van der Waals surface area (Å²) in [5.41, 5.74) is 4.50. The lowest BCUT2D eigenvalue weighted by Gasteiger charge is -2.27. The van der Waals surface area contributed by atoms with E-state index < -0.39 is 0 Å². The van der Waals surface area contributed by atoms with E-state index >= 15 is 0 Å². The number of aryl methyl sites for hydroxylation is 2. The van der Waals surface area contributed by atoms with Crippen molar-refractivity contribution >= 4 is 23.2 Å². The Morgan fingerprint density at radius 2 is 1.86 bits per heavy atom. The van der Waals surface area contributed by atoms with E-state index in [1.165, 1.54) is 5.56 Å². The third-order valence-electron chi connectivity index (χ3n) is 4.86. The summed E-state index contributed by atoms with van der Waals surface area (Å²) in [4.78, 5) is 26.8. The summed E-state index contributed by atoms with van der Waals surface area (Å²) < 4.78 is 5.29. The summed E-state index contributed by atoms with van der Waals surface area (Å²) in [5, 5.41) is 6.11. The predicted molar refractivity (Wildman–Crippen MR) is 111 cm³/mol. The number of ether oxygens (including phenoxy) is 1. The van der Waals surface area contributed by atoms with Crippen LogP contribution < -0.4 is 10.6 Å². The van der Waals surface area contributed by atoms with Crippen LogP contribution in [-0.2, 0) is 16.0 Å². The van der Waals surface area contributed by atoms with Gasteiger partial charge in [-0.15, -0.1) is 0 Å². The van der Waals surface area contributed by atoms with Gasteiger partial charge >= 0.3 is 0 Å². The molecule has 0 aromatic heterocycles. The molecule has 6 heteroatoms. The minimum absolute atomic E-state index is 0.0370. The van der Waals surface area contributed by atoms with Crippen LogP contribution >= 0.6 is 0 Å². The summed E-state index contributed by atoms with van der Waals surface area (Å²) in [5.74, 6) is -0.189. The first-order valence-electron chi connectivity index (χ1n) is 9.67. The molecule has 28 heavy (non-hydrogen) atoms. The van der Waals surface area contributed by atoms with Crippen molar-refractivity contribution in [1.29, 1.82) is 0 Å². The van der Waals surface area contributed by atoms with Gasteiger partial charge in [0.05, 0.1) is 19.8 Å². The maximum Gasteiger partial charge on any atom is 0.254 e. The molecule has 3 rings (SSSR count). The highest BCUT2D eigenvalue weighted by molar-refractivity contribution is 5.98. The first-order valence-corrected chi connectivity index (χ1v) is 9.67. The third-order valence-corrected chi connectivity index (χ3v) is 4.86. The van der Waals surface area contributed by atoms with Crippen LogP contribution in [0.15, 0.2) is 42.5 Å². The van der Waals surface area contributed by atoms with Crippen LogP contribution in [-0.4, -0.2) is 49.6 Å². The molecule has 0 atom stereocenters. The summed E-state index contributed by atoms with van der Waals surface area (Å²) in [7, 11) is 0. The molecule has 0 radical (unpaired) electrons. The number of nitrogens with one attached hydrogen (secondary N) is 2. The van der Waals surface area contributed by atoms with Gasteiger partial charge in [0.15, 0.2) is 0 Å². The molecule has 1 fully saturated rings. The van der Waals surface area contributed by atoms with Gasteiger partial charge in [0, 0.05) is 30.0 Å². The number of rotatable bonds is 6. The minimum Gasteiger partial charge on any atom is -0.378 e. The van der Waals surface area contributed by atoms with Gasteiger partial charge in [-0.1, -0.05) is 31.2 Å². The van der Waals surface area contributed by atoms with Crippen molar-refractivity contribution in [2.45, 2.75) is 20.3 Å². The number of hydrogen-bond donors (Lipinski definition) is 2. The Morgan fingerprint density at radius 1 is 1.11 bits per heavy atom. The van der Waals surface area contributed by atoms with Gasteiger partial charge in [0.1, 0.15) is 0 Å². The predicted octanol–water partition coefficient (Wildman–Crippen LogP) is 3.08. The molecule has 2 amide bonds. The van der Waals surface area contributed by atoms with E-state index in [1.807, 2.05) is 19.1 Å². The maximum absolute atomic E-state index is 12.6. The number of benzene rings is 2. The molecular weight excluding hydrogens is 354 g/mol. The lowest BCUT2D eigenvalue weighted by atomic mass is 10.1. The molecule has 0 saturated carbocycles. The number of carbonyl (C=O) groups excluding carboxylic acids is 2. The van der Waals surface area contributed by atoms with E-state index in [0.29, 0.717) is 37.6 Å². The number of hydrogen-bond acceptors (Lipinski definition) is 4. The largest absolute Gasteiger partial charge is 0.378 e. The highest BCUT2D eigenvalue weighted by atomic mass is 16.5. The van der Waals surface area contributed by atoms with Gasteiger partial charge in [-0.2, -0.15) is 0 Å². The van der Waals surface area contributed by atoms with E-state index in [9.17, 15) is 9.59 Å². The van der Waals surface area contributed by atoms with E-state index in [0.717, 1.165) is 17.7 Å². The van der Waals surface area contributed by atoms with Crippen molar-refractivity contribution in [2.24, 2.45) is 0 Å². The summed E-state index contributed by atoms with van der Waals surface area (Å²) >= 11 is 0. The summed E-state index contributed by atoms with van der Waals surface area (Å²) in [6.45, 7) is 6.60. The van der Waals surface area contributed by atoms with Gasteiger partial charge in [0.2, 0.25) is 5.91 Å². The molecule has 148 valence electrons. The van der Waals surface area contributed by atoms with Crippen LogP contribution in [0.2, 0.25) is 0 Å². The Morgan fingerprint density at radius 3 is 2.61 bits per heavy atom. The monoisotopic (exact) mass is 381 g/mol. The quantitative estimate of drug-likeness (QED) is 0.807. The standard InChI is InChI=1S/C22H27N3O3/c1-3-17-7-4-6-16(2)21(17)23-15-20(26)24-19-9-5-8-18(14-19)22(27)25-10-12-28-13-11-25/h4-9,14,23H,3,10-13,15H2,1-2H3,(H,24,26). The van der Waals surface area contributed by atoms with Crippen molar-refractivity contribution in [3.05, 3.63) is 59.2 Å². The fraction of sp³-hybridized carbons (Fsp3) is 0.364. The van der Waals surface area contributed by atoms with Gasteiger partial charge in [-0.25, -0.2) is 0 Å². The SMILES string of the molecule is CCc1cccc(C)c1NCC(=O)Nc1cccc(C(=O)N2CCOCC2)c1. The van der Waals surface area contributed by atoms with E-state index in [1.54, 1.807) is 29.2 Å². The lowest BCUT2D eigenvalue weighted by Crippen LogP contribution is -2.40. The number of para-hydroxylation sites is 1. The van der Waals surface area contributed by atoms with Crippen molar-refractivity contribution in [3.63, 3.8) is 0 Å². The maximum atomic E-state index is 12.6. The Labute approximate surface area is 165 Å². The fourth-order valence-corrected chi connectivity index (χ4v) is 3.33. The number of nitrogens with zero attached hydrogens (tertiary/aromatic N) is 1. The average Bonchev–Trinajstić information content (AvgIpc) is 2.73. The number of morpholine rings is 1. The molecule has 1 heterocycles. The molecule has 0 unspecified atom stereocenters. The van der Waals surface area contributed by atoms with Crippen molar-refractivity contribution in [2.75, 3.05) is 43.5 Å². The molecule has 1 saturated heterocycles. The Hall–Kier alpha value is -2.86. The van der Waals surface area contributed by atoms with Gasteiger partial charge in [-0.05, 0) is 42.7 Å². The normalized spacial score (nSPS) is 13.9. The number of amides is 2.